The second-order valence-electron chi connectivity index (χ2n) is 9.88. The van der Waals surface area contributed by atoms with Gasteiger partial charge in [-0.15, -0.1) is 0 Å². The summed E-state index contributed by atoms with van der Waals surface area (Å²) in [6, 6.07) is 21.8. The normalized spacial score (nSPS) is 18.2. The molecule has 0 aromatic heterocycles. The Hall–Kier alpha value is -3.91. The molecule has 4 amide bonds. The van der Waals surface area contributed by atoms with Crippen LogP contribution in [0.1, 0.15) is 30.4 Å². The molecule has 0 saturated carbocycles. The number of imide groups is 1. The van der Waals surface area contributed by atoms with Crippen molar-refractivity contribution in [3.05, 3.63) is 77.9 Å². The molecule has 192 valence electrons. The van der Waals surface area contributed by atoms with Crippen LogP contribution in [0.3, 0.4) is 0 Å². The summed E-state index contributed by atoms with van der Waals surface area (Å²) in [4.78, 5) is 39.6. The third kappa shape index (κ3) is 6.09. The minimum atomic E-state index is -0.782. The molecule has 0 bridgehead atoms. The summed E-state index contributed by atoms with van der Waals surface area (Å²) in [7, 11) is 2.13. The molecular formula is C29H32N4O4. The van der Waals surface area contributed by atoms with Crippen molar-refractivity contribution in [3.8, 4) is 5.75 Å². The van der Waals surface area contributed by atoms with Gasteiger partial charge < -0.3 is 15.0 Å². The van der Waals surface area contributed by atoms with Gasteiger partial charge in [0, 0.05) is 39.0 Å². The van der Waals surface area contributed by atoms with Crippen molar-refractivity contribution in [2.24, 2.45) is 0 Å². The highest BCUT2D eigenvalue weighted by atomic mass is 16.5. The molecule has 2 fully saturated rings. The van der Waals surface area contributed by atoms with E-state index in [0.717, 1.165) is 31.7 Å². The molecule has 2 aliphatic rings. The average molecular weight is 501 g/mol. The van der Waals surface area contributed by atoms with E-state index in [1.165, 1.54) is 21.9 Å². The number of urea groups is 1. The highest BCUT2D eigenvalue weighted by molar-refractivity contribution is 6.05. The summed E-state index contributed by atoms with van der Waals surface area (Å²) in [6.07, 6.45) is 1.46. The zero-order valence-electron chi connectivity index (χ0n) is 21.0. The van der Waals surface area contributed by atoms with E-state index < -0.39 is 18.0 Å². The average Bonchev–Trinajstić information content (AvgIpc) is 3.21. The molecule has 8 nitrogen and oxygen atoms in total. The third-order valence-corrected chi connectivity index (χ3v) is 7.01. The summed E-state index contributed by atoms with van der Waals surface area (Å²) in [5, 5.41) is 7.19. The minimum Gasteiger partial charge on any atom is -0.490 e. The first-order valence-corrected chi connectivity index (χ1v) is 12.7. The number of hydrogen-bond donors (Lipinski definition) is 2. The molecule has 2 heterocycles. The lowest BCUT2D eigenvalue weighted by molar-refractivity contribution is -0.135. The molecule has 3 aromatic rings. The van der Waals surface area contributed by atoms with Crippen molar-refractivity contribution in [2.75, 3.05) is 20.1 Å². The van der Waals surface area contributed by atoms with Crippen LogP contribution in [0.25, 0.3) is 10.8 Å². The highest BCUT2D eigenvalue weighted by Crippen LogP contribution is 2.23. The standard InChI is InChI=1S/C29H32N4O4/c1-32(19-22-9-5-8-21-7-2-3-11-25(21)22)18-20-6-4-10-24(16-20)37-23-12-14-33(15-13-23)27(34)17-26-28(35)31-29(36)30-26/h2-11,16,23,26H,12-15,17-19H2,1H3,(H2,30,31,35,36)/t26-/m0/s1. The fraction of sp³-hybridized carbons (Fsp3) is 0.345. The number of hydrogen-bond acceptors (Lipinski definition) is 5. The maximum Gasteiger partial charge on any atom is 0.322 e. The van der Waals surface area contributed by atoms with Gasteiger partial charge in [0.05, 0.1) is 6.42 Å². The number of carbonyl (C=O) groups excluding carboxylic acids is 3. The van der Waals surface area contributed by atoms with Crippen LogP contribution in [0.5, 0.6) is 5.75 Å². The van der Waals surface area contributed by atoms with Crippen LogP contribution in [-0.2, 0) is 22.7 Å². The lowest BCUT2D eigenvalue weighted by Crippen LogP contribution is -2.44. The van der Waals surface area contributed by atoms with E-state index in [2.05, 4.69) is 77.2 Å². The highest BCUT2D eigenvalue weighted by Gasteiger charge is 2.33. The summed E-state index contributed by atoms with van der Waals surface area (Å²) in [5.74, 6) is 0.266. The number of fused-ring (bicyclic) bond motifs is 1. The lowest BCUT2D eigenvalue weighted by Gasteiger charge is -2.32. The zero-order chi connectivity index (χ0) is 25.8. The SMILES string of the molecule is CN(Cc1cccc(OC2CCN(C(=O)C[C@@H]3NC(=O)NC3=O)CC2)c1)Cc1cccc2ccccc12. The smallest absolute Gasteiger partial charge is 0.322 e. The van der Waals surface area contributed by atoms with Gasteiger partial charge in [0.1, 0.15) is 17.9 Å². The van der Waals surface area contributed by atoms with Crippen molar-refractivity contribution in [3.63, 3.8) is 0 Å². The number of benzene rings is 3. The Balaban J connectivity index is 1.11. The fourth-order valence-corrected chi connectivity index (χ4v) is 5.13. The molecule has 2 saturated heterocycles. The first-order valence-electron chi connectivity index (χ1n) is 12.7. The largest absolute Gasteiger partial charge is 0.490 e. The Labute approximate surface area is 216 Å². The number of piperidine rings is 1. The van der Waals surface area contributed by atoms with Crippen molar-refractivity contribution < 1.29 is 19.1 Å². The molecule has 0 spiro atoms. The Bertz CT molecular complexity index is 1300. The maximum absolute atomic E-state index is 12.6. The van der Waals surface area contributed by atoms with Crippen molar-refractivity contribution in [1.29, 1.82) is 0 Å². The van der Waals surface area contributed by atoms with E-state index in [1.54, 1.807) is 4.90 Å². The Morgan fingerprint density at radius 3 is 2.54 bits per heavy atom. The van der Waals surface area contributed by atoms with Crippen LogP contribution in [0.4, 0.5) is 4.79 Å². The molecule has 2 N–H and O–H groups in total. The number of carbonyl (C=O) groups is 3. The topological polar surface area (TPSA) is 91.0 Å². The molecule has 37 heavy (non-hydrogen) atoms. The second kappa shape index (κ2) is 11.0. The molecular weight excluding hydrogens is 468 g/mol. The third-order valence-electron chi connectivity index (χ3n) is 7.01. The minimum absolute atomic E-state index is 0.0164. The van der Waals surface area contributed by atoms with E-state index in [0.29, 0.717) is 13.1 Å². The van der Waals surface area contributed by atoms with Gasteiger partial charge in [-0.2, -0.15) is 0 Å². The first kappa shape index (κ1) is 24.8. The summed E-state index contributed by atoms with van der Waals surface area (Å²) in [6.45, 7) is 2.79. The Morgan fingerprint density at radius 2 is 1.76 bits per heavy atom. The van der Waals surface area contributed by atoms with Gasteiger partial charge in [-0.05, 0) is 41.1 Å². The van der Waals surface area contributed by atoms with Crippen LogP contribution in [0.15, 0.2) is 66.7 Å². The van der Waals surface area contributed by atoms with Crippen LogP contribution < -0.4 is 15.4 Å². The molecule has 1 atom stereocenters. The number of amides is 4. The number of rotatable bonds is 8. The van der Waals surface area contributed by atoms with Crippen molar-refractivity contribution in [1.82, 2.24) is 20.4 Å². The molecule has 0 radical (unpaired) electrons. The molecule has 3 aromatic carbocycles. The van der Waals surface area contributed by atoms with E-state index in [9.17, 15) is 14.4 Å². The number of likely N-dealkylation sites (tertiary alicyclic amines) is 1. The predicted octanol–water partition coefficient (Wildman–Crippen LogP) is 3.44. The predicted molar refractivity (Wildman–Crippen MR) is 141 cm³/mol. The number of ether oxygens (including phenoxy) is 1. The fourth-order valence-electron chi connectivity index (χ4n) is 5.13. The van der Waals surface area contributed by atoms with Gasteiger partial charge in [0.25, 0.3) is 5.91 Å². The Morgan fingerprint density at radius 1 is 1.00 bits per heavy atom. The first-order chi connectivity index (χ1) is 17.9. The second-order valence-corrected chi connectivity index (χ2v) is 9.88. The molecule has 0 unspecified atom stereocenters. The molecule has 2 aliphatic heterocycles. The van der Waals surface area contributed by atoms with Crippen LogP contribution in [-0.4, -0.2) is 59.9 Å². The monoisotopic (exact) mass is 500 g/mol. The van der Waals surface area contributed by atoms with Crippen LogP contribution in [0.2, 0.25) is 0 Å². The number of nitrogens with one attached hydrogen (secondary N) is 2. The van der Waals surface area contributed by atoms with E-state index in [1.807, 2.05) is 12.1 Å². The van der Waals surface area contributed by atoms with Gasteiger partial charge in [0.2, 0.25) is 5.91 Å². The Kier molecular flexibility index (Phi) is 7.37. The quantitative estimate of drug-likeness (QED) is 0.463. The van der Waals surface area contributed by atoms with E-state index in [-0.39, 0.29) is 18.4 Å². The van der Waals surface area contributed by atoms with Crippen molar-refractivity contribution in [2.45, 2.75) is 44.5 Å². The summed E-state index contributed by atoms with van der Waals surface area (Å²) < 4.78 is 6.27. The van der Waals surface area contributed by atoms with Gasteiger partial charge in [-0.25, -0.2) is 4.79 Å². The number of nitrogens with zero attached hydrogens (tertiary/aromatic N) is 2. The maximum atomic E-state index is 12.6. The van der Waals surface area contributed by atoms with Crippen LogP contribution >= 0.6 is 0 Å². The van der Waals surface area contributed by atoms with Gasteiger partial charge in [0.15, 0.2) is 0 Å². The van der Waals surface area contributed by atoms with Gasteiger partial charge in [-0.1, -0.05) is 54.6 Å². The summed E-state index contributed by atoms with van der Waals surface area (Å²) >= 11 is 0. The molecule has 8 heteroatoms. The molecule has 5 rings (SSSR count). The van der Waals surface area contributed by atoms with Crippen LogP contribution in [0, 0.1) is 0 Å². The summed E-state index contributed by atoms with van der Waals surface area (Å²) in [5.41, 5.74) is 2.50. The van der Waals surface area contributed by atoms with E-state index >= 15 is 0 Å². The van der Waals surface area contributed by atoms with Crippen molar-refractivity contribution >= 4 is 28.6 Å². The van der Waals surface area contributed by atoms with Gasteiger partial charge in [-0.3, -0.25) is 19.8 Å². The lowest BCUT2D eigenvalue weighted by atomic mass is 10.0. The zero-order valence-corrected chi connectivity index (χ0v) is 21.0. The van der Waals surface area contributed by atoms with Gasteiger partial charge >= 0.3 is 6.03 Å². The molecule has 0 aliphatic carbocycles. The van der Waals surface area contributed by atoms with E-state index in [4.69, 9.17) is 4.74 Å².